The van der Waals surface area contributed by atoms with Crippen LogP contribution in [0.1, 0.15) is 50.4 Å². The number of rotatable bonds is 1. The molecular weight excluding hydrogens is 372 g/mol. The molecule has 1 aromatic heterocycles. The number of hydrogen-bond acceptors (Lipinski definition) is 2. The van der Waals surface area contributed by atoms with E-state index in [-0.39, 0.29) is 6.09 Å². The van der Waals surface area contributed by atoms with E-state index in [0.29, 0.717) is 6.54 Å². The van der Waals surface area contributed by atoms with Gasteiger partial charge in [-0.15, -0.1) is 0 Å². The molecule has 2 aliphatic heterocycles. The number of benzene rings is 2. The molecule has 0 N–H and O–H groups in total. The summed E-state index contributed by atoms with van der Waals surface area (Å²) >= 11 is 0. The van der Waals surface area contributed by atoms with E-state index in [9.17, 15) is 4.79 Å². The quantitative estimate of drug-likeness (QED) is 0.505. The van der Waals surface area contributed by atoms with E-state index < -0.39 is 5.60 Å². The van der Waals surface area contributed by atoms with Crippen LogP contribution in [-0.2, 0) is 30.7 Å². The van der Waals surface area contributed by atoms with Crippen molar-refractivity contribution in [1.29, 1.82) is 0 Å². The molecule has 3 aromatic rings. The van der Waals surface area contributed by atoms with Crippen LogP contribution in [0.3, 0.4) is 0 Å². The van der Waals surface area contributed by atoms with Gasteiger partial charge in [0.1, 0.15) is 5.60 Å². The van der Waals surface area contributed by atoms with Gasteiger partial charge in [-0.1, -0.05) is 30.3 Å². The molecule has 0 fully saturated rings. The van der Waals surface area contributed by atoms with Gasteiger partial charge in [0.15, 0.2) is 0 Å². The summed E-state index contributed by atoms with van der Waals surface area (Å²) in [4.78, 5) is 14.6. The first kappa shape index (κ1) is 19.2. The van der Waals surface area contributed by atoms with Crippen LogP contribution in [0.2, 0.25) is 0 Å². The van der Waals surface area contributed by atoms with Gasteiger partial charge < -0.3 is 14.2 Å². The standard InChI is InChI=1S/C26H30N2O2/c1-26(2,3)30-25(29)27-14-12-23-22(17-27)21-16-20(18-9-5-4-6-10-18)15-19-11-7-8-13-28(23)24(19)21/h4-6,9-10,15-16H,7-8,11-14,17H2,1-3H3. The summed E-state index contributed by atoms with van der Waals surface area (Å²) in [6.45, 7) is 8.21. The van der Waals surface area contributed by atoms with E-state index in [1.54, 1.807) is 0 Å². The fourth-order valence-electron chi connectivity index (χ4n) is 4.97. The Labute approximate surface area is 178 Å². The van der Waals surface area contributed by atoms with Gasteiger partial charge in [0.2, 0.25) is 0 Å². The van der Waals surface area contributed by atoms with Crippen LogP contribution >= 0.6 is 0 Å². The SMILES string of the molecule is CC(C)(C)OC(=O)N1CCc2c(c3cc(-c4ccccc4)cc4c3n2CCCC4)C1. The summed E-state index contributed by atoms with van der Waals surface area (Å²) in [7, 11) is 0. The molecule has 0 spiro atoms. The molecule has 0 unspecified atom stereocenters. The first-order valence-corrected chi connectivity index (χ1v) is 11.1. The van der Waals surface area contributed by atoms with Crippen molar-refractivity contribution in [2.45, 2.75) is 65.1 Å². The molecule has 156 valence electrons. The van der Waals surface area contributed by atoms with E-state index in [0.717, 1.165) is 25.9 Å². The van der Waals surface area contributed by atoms with Crippen molar-refractivity contribution < 1.29 is 9.53 Å². The number of nitrogens with zero attached hydrogens (tertiary/aromatic N) is 2. The Morgan fingerprint density at radius 1 is 0.967 bits per heavy atom. The lowest BCUT2D eigenvalue weighted by Crippen LogP contribution is -2.40. The van der Waals surface area contributed by atoms with Gasteiger partial charge in [0, 0.05) is 36.2 Å². The van der Waals surface area contributed by atoms with Crippen molar-refractivity contribution in [3.63, 3.8) is 0 Å². The van der Waals surface area contributed by atoms with E-state index in [4.69, 9.17) is 4.74 Å². The number of aryl methyl sites for hydroxylation is 2. The van der Waals surface area contributed by atoms with E-state index in [1.165, 1.54) is 51.7 Å². The average molecular weight is 403 g/mol. The molecule has 0 bridgehead atoms. The van der Waals surface area contributed by atoms with Gasteiger partial charge in [-0.2, -0.15) is 0 Å². The number of carbonyl (C=O) groups excluding carboxylic acids is 1. The molecule has 0 saturated carbocycles. The molecule has 2 aliphatic rings. The fraction of sp³-hybridized carbons (Fsp3) is 0.423. The first-order chi connectivity index (χ1) is 14.4. The lowest BCUT2D eigenvalue weighted by Gasteiger charge is -2.30. The third kappa shape index (κ3) is 3.38. The number of ether oxygens (including phenoxy) is 1. The molecule has 0 radical (unpaired) electrons. The second-order valence-corrected chi connectivity index (χ2v) is 9.58. The lowest BCUT2D eigenvalue weighted by atomic mass is 9.95. The second-order valence-electron chi connectivity index (χ2n) is 9.58. The number of fused-ring (bicyclic) bond motifs is 3. The summed E-state index contributed by atoms with van der Waals surface area (Å²) in [6, 6.07) is 15.4. The predicted octanol–water partition coefficient (Wildman–Crippen LogP) is 5.94. The third-order valence-electron chi connectivity index (χ3n) is 6.26. The number of hydrogen-bond donors (Lipinski definition) is 0. The highest BCUT2D eigenvalue weighted by atomic mass is 16.6. The van der Waals surface area contributed by atoms with Crippen LogP contribution in [0.15, 0.2) is 42.5 Å². The number of amides is 1. The molecule has 5 rings (SSSR count). The van der Waals surface area contributed by atoms with Crippen LogP contribution in [-0.4, -0.2) is 27.7 Å². The van der Waals surface area contributed by atoms with Gasteiger partial charge in [-0.05, 0) is 68.9 Å². The van der Waals surface area contributed by atoms with Gasteiger partial charge in [0.25, 0.3) is 0 Å². The highest BCUT2D eigenvalue weighted by molar-refractivity contribution is 5.93. The predicted molar refractivity (Wildman–Crippen MR) is 121 cm³/mol. The highest BCUT2D eigenvalue weighted by Gasteiger charge is 2.30. The van der Waals surface area contributed by atoms with Crippen molar-refractivity contribution >= 4 is 17.0 Å². The van der Waals surface area contributed by atoms with Crippen LogP contribution in [0.25, 0.3) is 22.0 Å². The molecule has 4 nitrogen and oxygen atoms in total. The molecule has 3 heterocycles. The maximum absolute atomic E-state index is 12.8. The van der Waals surface area contributed by atoms with Crippen LogP contribution < -0.4 is 0 Å². The molecule has 1 amide bonds. The summed E-state index contributed by atoms with van der Waals surface area (Å²) in [5, 5.41) is 1.32. The zero-order valence-electron chi connectivity index (χ0n) is 18.2. The Morgan fingerprint density at radius 3 is 2.53 bits per heavy atom. The van der Waals surface area contributed by atoms with E-state index >= 15 is 0 Å². The zero-order chi connectivity index (χ0) is 20.9. The zero-order valence-corrected chi connectivity index (χ0v) is 18.2. The normalized spacial score (nSPS) is 16.3. The minimum absolute atomic E-state index is 0.208. The molecule has 0 saturated heterocycles. The lowest BCUT2D eigenvalue weighted by molar-refractivity contribution is 0.0223. The number of carbonyl (C=O) groups is 1. The maximum Gasteiger partial charge on any atom is 0.410 e. The van der Waals surface area contributed by atoms with Gasteiger partial charge in [-0.25, -0.2) is 4.79 Å². The van der Waals surface area contributed by atoms with Crippen LogP contribution in [0.4, 0.5) is 4.79 Å². The molecular formula is C26H30N2O2. The van der Waals surface area contributed by atoms with Crippen LogP contribution in [0, 0.1) is 0 Å². The first-order valence-electron chi connectivity index (χ1n) is 11.1. The van der Waals surface area contributed by atoms with Crippen molar-refractivity contribution in [1.82, 2.24) is 9.47 Å². The molecule has 30 heavy (non-hydrogen) atoms. The Balaban J connectivity index is 1.63. The minimum atomic E-state index is -0.472. The smallest absolute Gasteiger partial charge is 0.410 e. The van der Waals surface area contributed by atoms with E-state index in [1.807, 2.05) is 25.7 Å². The van der Waals surface area contributed by atoms with Gasteiger partial charge in [0.05, 0.1) is 12.1 Å². The summed E-state index contributed by atoms with van der Waals surface area (Å²) in [6.07, 6.45) is 4.24. The largest absolute Gasteiger partial charge is 0.444 e. The third-order valence-corrected chi connectivity index (χ3v) is 6.26. The van der Waals surface area contributed by atoms with Crippen molar-refractivity contribution in [3.8, 4) is 11.1 Å². The van der Waals surface area contributed by atoms with Crippen LogP contribution in [0.5, 0.6) is 0 Å². The van der Waals surface area contributed by atoms with Gasteiger partial charge >= 0.3 is 6.09 Å². The Kier molecular flexibility index (Phi) is 4.61. The second kappa shape index (κ2) is 7.19. The van der Waals surface area contributed by atoms with Crippen molar-refractivity contribution in [2.75, 3.05) is 6.54 Å². The summed E-state index contributed by atoms with van der Waals surface area (Å²) < 4.78 is 8.22. The average Bonchev–Trinajstić information content (AvgIpc) is 2.88. The fourth-order valence-corrected chi connectivity index (χ4v) is 4.97. The minimum Gasteiger partial charge on any atom is -0.444 e. The Hall–Kier alpha value is -2.75. The molecule has 4 heteroatoms. The summed E-state index contributed by atoms with van der Waals surface area (Å²) in [5.74, 6) is 0. The Bertz CT molecular complexity index is 1110. The number of aromatic nitrogens is 1. The maximum atomic E-state index is 12.8. The highest BCUT2D eigenvalue weighted by Crippen LogP contribution is 2.38. The van der Waals surface area contributed by atoms with Gasteiger partial charge in [-0.3, -0.25) is 0 Å². The van der Waals surface area contributed by atoms with Crippen molar-refractivity contribution in [2.24, 2.45) is 0 Å². The Morgan fingerprint density at radius 2 is 1.77 bits per heavy atom. The molecule has 2 aromatic carbocycles. The van der Waals surface area contributed by atoms with Crippen molar-refractivity contribution in [3.05, 3.63) is 59.3 Å². The summed E-state index contributed by atoms with van der Waals surface area (Å²) in [5.41, 5.74) is 7.61. The van der Waals surface area contributed by atoms with E-state index in [2.05, 4.69) is 47.0 Å². The molecule has 0 atom stereocenters. The monoisotopic (exact) mass is 402 g/mol. The topological polar surface area (TPSA) is 34.5 Å². The molecule has 0 aliphatic carbocycles.